The first-order valence-corrected chi connectivity index (χ1v) is 9.52. The van der Waals surface area contributed by atoms with E-state index in [1.807, 2.05) is 30.3 Å². The van der Waals surface area contributed by atoms with Gasteiger partial charge in [-0.2, -0.15) is 10.1 Å². The van der Waals surface area contributed by atoms with Crippen LogP contribution in [0.1, 0.15) is 15.9 Å². The van der Waals surface area contributed by atoms with Crippen molar-refractivity contribution >= 4 is 22.9 Å². The maximum atomic E-state index is 15.2. The molecule has 31 heavy (non-hydrogen) atoms. The summed E-state index contributed by atoms with van der Waals surface area (Å²) < 4.78 is 22.5. The molecule has 0 radical (unpaired) electrons. The van der Waals surface area contributed by atoms with Crippen molar-refractivity contribution in [2.45, 2.75) is 6.61 Å². The summed E-state index contributed by atoms with van der Waals surface area (Å²) in [7, 11) is 4.90. The number of fused-ring (bicyclic) bond motifs is 1. The van der Waals surface area contributed by atoms with Crippen molar-refractivity contribution in [2.24, 2.45) is 7.05 Å². The highest BCUT2D eigenvalue weighted by Gasteiger charge is 2.23. The molecular weight excluding hydrogens is 399 g/mol. The first-order chi connectivity index (χ1) is 14.8. The molecule has 2 heterocycles. The number of carbonyl (C=O) groups excluding carboxylic acids is 1. The number of nitrogen functional groups attached to an aromatic ring is 1. The van der Waals surface area contributed by atoms with Crippen molar-refractivity contribution in [1.29, 1.82) is 0 Å². The number of benzene rings is 2. The Hall–Kier alpha value is -4.01. The summed E-state index contributed by atoms with van der Waals surface area (Å²) in [6, 6.07) is 12.2. The van der Waals surface area contributed by atoms with Crippen LogP contribution in [-0.2, 0) is 13.7 Å². The van der Waals surface area contributed by atoms with E-state index < -0.39 is 5.82 Å². The number of aryl methyl sites for hydroxylation is 1. The Morgan fingerprint density at radius 3 is 2.68 bits per heavy atom. The van der Waals surface area contributed by atoms with Gasteiger partial charge in [0.25, 0.3) is 5.91 Å². The largest absolute Gasteiger partial charge is 0.485 e. The molecule has 0 aliphatic heterocycles. The number of hydrogen-bond donors (Lipinski definition) is 1. The third-order valence-corrected chi connectivity index (χ3v) is 4.78. The Kier molecular flexibility index (Phi) is 5.24. The minimum atomic E-state index is -0.659. The monoisotopic (exact) mass is 420 g/mol. The highest BCUT2D eigenvalue weighted by atomic mass is 19.1. The van der Waals surface area contributed by atoms with Crippen molar-refractivity contribution in [3.05, 3.63) is 65.6 Å². The second-order valence-electron chi connectivity index (χ2n) is 7.25. The second kappa shape index (κ2) is 8.02. The van der Waals surface area contributed by atoms with Gasteiger partial charge in [0, 0.05) is 32.9 Å². The van der Waals surface area contributed by atoms with E-state index in [-0.39, 0.29) is 29.8 Å². The summed E-state index contributed by atoms with van der Waals surface area (Å²) in [5.41, 5.74) is 8.00. The SMILES string of the molecule is CN(C)C(=O)c1cc(-c2nn(C)c3nc(N)ncc23)cc(F)c1OCc1ccccc1. The van der Waals surface area contributed by atoms with Crippen LogP contribution in [0.5, 0.6) is 5.75 Å². The molecule has 0 saturated carbocycles. The zero-order chi connectivity index (χ0) is 22.1. The summed E-state index contributed by atoms with van der Waals surface area (Å²) >= 11 is 0. The van der Waals surface area contributed by atoms with Crippen LogP contribution in [0.3, 0.4) is 0 Å². The number of hydrogen-bond acceptors (Lipinski definition) is 6. The van der Waals surface area contributed by atoms with Gasteiger partial charge in [0.05, 0.1) is 10.9 Å². The molecule has 0 saturated heterocycles. The lowest BCUT2D eigenvalue weighted by Crippen LogP contribution is -2.23. The van der Waals surface area contributed by atoms with Crippen molar-refractivity contribution in [3.8, 4) is 17.0 Å². The fraction of sp³-hybridized carbons (Fsp3) is 0.182. The van der Waals surface area contributed by atoms with E-state index in [4.69, 9.17) is 10.5 Å². The van der Waals surface area contributed by atoms with Gasteiger partial charge >= 0.3 is 0 Å². The molecule has 0 fully saturated rings. The van der Waals surface area contributed by atoms with Crippen molar-refractivity contribution in [3.63, 3.8) is 0 Å². The van der Waals surface area contributed by atoms with Crippen molar-refractivity contribution < 1.29 is 13.9 Å². The first-order valence-electron chi connectivity index (χ1n) is 9.52. The van der Waals surface area contributed by atoms with Gasteiger partial charge in [-0.05, 0) is 17.7 Å². The highest BCUT2D eigenvalue weighted by molar-refractivity contribution is 5.99. The molecule has 0 aliphatic carbocycles. The van der Waals surface area contributed by atoms with E-state index in [0.29, 0.717) is 22.3 Å². The van der Waals surface area contributed by atoms with Gasteiger partial charge in [0.1, 0.15) is 12.3 Å². The van der Waals surface area contributed by atoms with Crippen LogP contribution < -0.4 is 10.5 Å². The van der Waals surface area contributed by atoms with Crippen LogP contribution in [0.25, 0.3) is 22.3 Å². The zero-order valence-corrected chi connectivity index (χ0v) is 17.3. The summed E-state index contributed by atoms with van der Waals surface area (Å²) in [4.78, 5) is 22.4. The molecule has 4 aromatic rings. The second-order valence-corrected chi connectivity index (χ2v) is 7.25. The van der Waals surface area contributed by atoms with E-state index >= 15 is 4.39 Å². The molecule has 2 aromatic heterocycles. The van der Waals surface area contributed by atoms with Crippen LogP contribution in [0.15, 0.2) is 48.7 Å². The Morgan fingerprint density at radius 2 is 1.97 bits per heavy atom. The van der Waals surface area contributed by atoms with E-state index in [0.717, 1.165) is 5.56 Å². The predicted molar refractivity (Wildman–Crippen MR) is 115 cm³/mol. The van der Waals surface area contributed by atoms with Crippen LogP contribution in [-0.4, -0.2) is 44.7 Å². The molecule has 0 bridgehead atoms. The van der Waals surface area contributed by atoms with E-state index in [9.17, 15) is 4.79 Å². The third kappa shape index (κ3) is 3.89. The molecule has 0 atom stereocenters. The molecule has 8 nitrogen and oxygen atoms in total. The number of nitrogens with zero attached hydrogens (tertiary/aromatic N) is 5. The standard InChI is InChI=1S/C22H21FN6O2/c1-28(2)21(30)15-9-14(18-16-11-25-22(24)26-20(16)29(3)27-18)10-17(23)19(15)31-12-13-7-5-4-6-8-13/h4-11H,12H2,1-3H3,(H2,24,25,26). The van der Waals surface area contributed by atoms with Crippen molar-refractivity contribution in [1.82, 2.24) is 24.6 Å². The van der Waals surface area contributed by atoms with Gasteiger partial charge in [-0.25, -0.2) is 14.1 Å². The molecule has 4 rings (SSSR count). The summed E-state index contributed by atoms with van der Waals surface area (Å²) in [5.74, 6) is -1.04. The van der Waals surface area contributed by atoms with Gasteiger partial charge in [0.15, 0.2) is 17.2 Å². The van der Waals surface area contributed by atoms with Crippen LogP contribution in [0.4, 0.5) is 10.3 Å². The number of halogens is 1. The molecule has 2 N–H and O–H groups in total. The molecule has 0 unspecified atom stereocenters. The molecule has 2 aromatic carbocycles. The Bertz CT molecular complexity index is 1270. The average Bonchev–Trinajstić information content (AvgIpc) is 3.08. The van der Waals surface area contributed by atoms with E-state index in [1.165, 1.54) is 21.8 Å². The number of carbonyl (C=O) groups is 1. The van der Waals surface area contributed by atoms with Crippen LogP contribution in [0, 0.1) is 5.82 Å². The summed E-state index contributed by atoms with van der Waals surface area (Å²) in [6.07, 6.45) is 1.53. The Morgan fingerprint density at radius 1 is 1.23 bits per heavy atom. The van der Waals surface area contributed by atoms with Crippen LogP contribution in [0.2, 0.25) is 0 Å². The average molecular weight is 420 g/mol. The number of aromatic nitrogens is 4. The highest BCUT2D eigenvalue weighted by Crippen LogP contribution is 2.33. The van der Waals surface area contributed by atoms with Gasteiger partial charge < -0.3 is 15.4 Å². The molecule has 0 aliphatic rings. The Labute approximate surface area is 178 Å². The summed E-state index contributed by atoms with van der Waals surface area (Å²) in [5, 5.41) is 5.03. The number of ether oxygens (including phenoxy) is 1. The number of amides is 1. The van der Waals surface area contributed by atoms with E-state index in [2.05, 4.69) is 15.1 Å². The van der Waals surface area contributed by atoms with E-state index in [1.54, 1.807) is 27.2 Å². The molecular formula is C22H21FN6O2. The normalized spacial score (nSPS) is 11.0. The maximum Gasteiger partial charge on any atom is 0.257 e. The molecule has 158 valence electrons. The van der Waals surface area contributed by atoms with Crippen molar-refractivity contribution in [2.75, 3.05) is 19.8 Å². The quantitative estimate of drug-likeness (QED) is 0.533. The first kappa shape index (κ1) is 20.3. The molecule has 0 spiro atoms. The number of anilines is 1. The van der Waals surface area contributed by atoms with Gasteiger partial charge in [0.2, 0.25) is 5.95 Å². The minimum Gasteiger partial charge on any atom is -0.485 e. The lowest BCUT2D eigenvalue weighted by atomic mass is 10.0. The predicted octanol–water partition coefficient (Wildman–Crippen LogP) is 3.03. The topological polar surface area (TPSA) is 99.2 Å². The van der Waals surface area contributed by atoms with Crippen LogP contribution >= 0.6 is 0 Å². The lowest BCUT2D eigenvalue weighted by molar-refractivity contribution is 0.0821. The molecule has 9 heteroatoms. The Balaban J connectivity index is 1.82. The summed E-state index contributed by atoms with van der Waals surface area (Å²) in [6.45, 7) is 0.129. The number of nitrogens with two attached hydrogens (primary N) is 1. The van der Waals surface area contributed by atoms with Gasteiger partial charge in [-0.1, -0.05) is 30.3 Å². The van der Waals surface area contributed by atoms with Gasteiger partial charge in [-0.3, -0.25) is 4.79 Å². The molecule has 1 amide bonds. The minimum absolute atomic E-state index is 0.103. The zero-order valence-electron chi connectivity index (χ0n) is 17.3. The smallest absolute Gasteiger partial charge is 0.257 e. The van der Waals surface area contributed by atoms with Gasteiger partial charge in [-0.15, -0.1) is 0 Å². The maximum absolute atomic E-state index is 15.2. The number of rotatable bonds is 5. The fourth-order valence-corrected chi connectivity index (χ4v) is 3.27. The fourth-order valence-electron chi connectivity index (χ4n) is 3.27. The lowest BCUT2D eigenvalue weighted by Gasteiger charge is -2.17. The third-order valence-electron chi connectivity index (χ3n) is 4.78.